The molecule has 1 fully saturated rings. The summed E-state index contributed by atoms with van der Waals surface area (Å²) in [5.74, 6) is 0.655. The summed E-state index contributed by atoms with van der Waals surface area (Å²) < 4.78 is 5.48. The van der Waals surface area contributed by atoms with Crippen LogP contribution < -0.4 is 5.73 Å². The van der Waals surface area contributed by atoms with Crippen LogP contribution in [0.2, 0.25) is 0 Å². The van der Waals surface area contributed by atoms with E-state index in [2.05, 4.69) is 4.98 Å². The van der Waals surface area contributed by atoms with Gasteiger partial charge in [0.15, 0.2) is 5.13 Å². The highest BCUT2D eigenvalue weighted by Gasteiger charge is 2.21. The molecule has 0 aromatic carbocycles. The van der Waals surface area contributed by atoms with Crippen LogP contribution in [-0.2, 0) is 4.74 Å². The third kappa shape index (κ3) is 3.67. The number of ether oxygens (including phenoxy) is 1. The number of carbonyl (C=O) groups excluding carboxylic acids is 1. The summed E-state index contributed by atoms with van der Waals surface area (Å²) in [4.78, 5) is 17.4. The van der Waals surface area contributed by atoms with Crippen molar-refractivity contribution < 1.29 is 9.53 Å². The summed E-state index contributed by atoms with van der Waals surface area (Å²) in [6, 6.07) is 0. The number of nitrogen functional groups attached to an aromatic ring is 1. The van der Waals surface area contributed by atoms with Crippen molar-refractivity contribution in [2.45, 2.75) is 12.8 Å². The SMILES string of the molecule is CN(CCOCC1CC1)C(=O)c1csc(N)n1. The first-order chi connectivity index (χ1) is 8.16. The van der Waals surface area contributed by atoms with Crippen molar-refractivity contribution in [2.75, 3.05) is 32.5 Å². The standard InChI is InChI=1S/C11H17N3O2S/c1-14(4-5-16-6-8-2-3-8)10(15)9-7-17-11(12)13-9/h7-8H,2-6H2,1H3,(H2,12,13). The van der Waals surface area contributed by atoms with Crippen LogP contribution >= 0.6 is 11.3 Å². The second kappa shape index (κ2) is 5.46. The zero-order valence-electron chi connectivity index (χ0n) is 9.89. The lowest BCUT2D eigenvalue weighted by atomic mass is 10.4. The number of thiazole rings is 1. The number of nitrogens with zero attached hydrogens (tertiary/aromatic N) is 2. The Hall–Kier alpha value is -1.14. The number of anilines is 1. The van der Waals surface area contributed by atoms with Crippen molar-refractivity contribution in [3.63, 3.8) is 0 Å². The number of nitrogens with two attached hydrogens (primary N) is 1. The Morgan fingerprint density at radius 3 is 3.06 bits per heavy atom. The summed E-state index contributed by atoms with van der Waals surface area (Å²) in [6.07, 6.45) is 2.57. The van der Waals surface area contributed by atoms with E-state index in [1.54, 1.807) is 17.3 Å². The van der Waals surface area contributed by atoms with Gasteiger partial charge in [-0.3, -0.25) is 4.79 Å². The average Bonchev–Trinajstić information content (AvgIpc) is 3.04. The molecule has 0 aliphatic heterocycles. The number of carbonyl (C=O) groups is 1. The zero-order valence-corrected chi connectivity index (χ0v) is 10.7. The maximum absolute atomic E-state index is 11.9. The van der Waals surface area contributed by atoms with E-state index in [1.165, 1.54) is 24.2 Å². The summed E-state index contributed by atoms with van der Waals surface area (Å²) in [5, 5.41) is 2.10. The second-order valence-electron chi connectivity index (χ2n) is 4.32. The van der Waals surface area contributed by atoms with Gasteiger partial charge in [-0.2, -0.15) is 0 Å². The fourth-order valence-electron chi connectivity index (χ4n) is 1.42. The van der Waals surface area contributed by atoms with Gasteiger partial charge in [0.05, 0.1) is 6.61 Å². The Bertz CT molecular complexity index is 390. The molecule has 1 aromatic heterocycles. The Balaban J connectivity index is 1.70. The van der Waals surface area contributed by atoms with E-state index in [1.807, 2.05) is 0 Å². The van der Waals surface area contributed by atoms with Gasteiger partial charge in [0.2, 0.25) is 0 Å². The first kappa shape index (κ1) is 12.3. The molecule has 1 aliphatic rings. The molecule has 0 spiro atoms. The Morgan fingerprint density at radius 1 is 1.71 bits per heavy atom. The topological polar surface area (TPSA) is 68.5 Å². The van der Waals surface area contributed by atoms with Gasteiger partial charge in [0.25, 0.3) is 5.91 Å². The van der Waals surface area contributed by atoms with E-state index in [4.69, 9.17) is 10.5 Å². The van der Waals surface area contributed by atoms with E-state index in [0.29, 0.717) is 24.0 Å². The average molecular weight is 255 g/mol. The largest absolute Gasteiger partial charge is 0.379 e. The highest BCUT2D eigenvalue weighted by Crippen LogP contribution is 2.28. The second-order valence-corrected chi connectivity index (χ2v) is 5.21. The van der Waals surface area contributed by atoms with Gasteiger partial charge < -0.3 is 15.4 Å². The van der Waals surface area contributed by atoms with Crippen molar-refractivity contribution in [1.82, 2.24) is 9.88 Å². The molecule has 1 saturated carbocycles. The number of hydrogen-bond donors (Lipinski definition) is 1. The first-order valence-electron chi connectivity index (χ1n) is 5.71. The lowest BCUT2D eigenvalue weighted by Gasteiger charge is -2.15. The van der Waals surface area contributed by atoms with Crippen LogP contribution in [0.25, 0.3) is 0 Å². The van der Waals surface area contributed by atoms with Gasteiger partial charge in [-0.05, 0) is 18.8 Å². The monoisotopic (exact) mass is 255 g/mol. The molecule has 1 aliphatic carbocycles. The lowest BCUT2D eigenvalue weighted by molar-refractivity contribution is 0.0677. The quantitative estimate of drug-likeness (QED) is 0.776. The van der Waals surface area contributed by atoms with Crippen LogP contribution in [-0.4, -0.2) is 42.6 Å². The fourth-order valence-corrected chi connectivity index (χ4v) is 1.96. The molecular weight excluding hydrogens is 238 g/mol. The minimum absolute atomic E-state index is 0.104. The van der Waals surface area contributed by atoms with Gasteiger partial charge in [-0.25, -0.2) is 4.98 Å². The molecule has 5 nitrogen and oxygen atoms in total. The Labute approximate surface area is 105 Å². The molecule has 6 heteroatoms. The van der Waals surface area contributed by atoms with Gasteiger partial charge in [0.1, 0.15) is 5.69 Å². The first-order valence-corrected chi connectivity index (χ1v) is 6.59. The minimum atomic E-state index is -0.104. The van der Waals surface area contributed by atoms with E-state index < -0.39 is 0 Å². The Morgan fingerprint density at radius 2 is 2.47 bits per heavy atom. The Kier molecular flexibility index (Phi) is 3.96. The molecule has 2 N–H and O–H groups in total. The molecular formula is C11H17N3O2S. The minimum Gasteiger partial charge on any atom is -0.379 e. The number of rotatable bonds is 6. The lowest BCUT2D eigenvalue weighted by Crippen LogP contribution is -2.30. The third-order valence-corrected chi connectivity index (χ3v) is 3.38. The van der Waals surface area contributed by atoms with Crippen molar-refractivity contribution >= 4 is 22.4 Å². The van der Waals surface area contributed by atoms with Gasteiger partial charge in [0, 0.05) is 25.6 Å². The molecule has 1 heterocycles. The van der Waals surface area contributed by atoms with Crippen molar-refractivity contribution in [1.29, 1.82) is 0 Å². The molecule has 1 aromatic rings. The fraction of sp³-hybridized carbons (Fsp3) is 0.636. The molecule has 0 saturated heterocycles. The maximum Gasteiger partial charge on any atom is 0.273 e. The predicted molar refractivity (Wildman–Crippen MR) is 67.0 cm³/mol. The smallest absolute Gasteiger partial charge is 0.273 e. The molecule has 17 heavy (non-hydrogen) atoms. The van der Waals surface area contributed by atoms with Gasteiger partial charge in [-0.1, -0.05) is 0 Å². The summed E-state index contributed by atoms with van der Waals surface area (Å²) in [5.41, 5.74) is 5.90. The van der Waals surface area contributed by atoms with Gasteiger partial charge in [-0.15, -0.1) is 11.3 Å². The van der Waals surface area contributed by atoms with Crippen LogP contribution in [0.3, 0.4) is 0 Å². The molecule has 2 rings (SSSR count). The summed E-state index contributed by atoms with van der Waals surface area (Å²) in [7, 11) is 1.75. The van der Waals surface area contributed by atoms with Crippen LogP contribution in [0.15, 0.2) is 5.38 Å². The summed E-state index contributed by atoms with van der Waals surface area (Å²) in [6.45, 7) is 1.99. The van der Waals surface area contributed by atoms with Crippen molar-refractivity contribution in [3.8, 4) is 0 Å². The summed E-state index contributed by atoms with van der Waals surface area (Å²) >= 11 is 1.28. The number of likely N-dealkylation sites (N-methyl/N-ethyl adjacent to an activating group) is 1. The maximum atomic E-state index is 11.9. The normalized spacial score (nSPS) is 14.9. The molecule has 94 valence electrons. The highest BCUT2D eigenvalue weighted by molar-refractivity contribution is 7.13. The van der Waals surface area contributed by atoms with Crippen molar-refractivity contribution in [3.05, 3.63) is 11.1 Å². The van der Waals surface area contributed by atoms with E-state index >= 15 is 0 Å². The van der Waals surface area contributed by atoms with Gasteiger partial charge >= 0.3 is 0 Å². The van der Waals surface area contributed by atoms with E-state index in [-0.39, 0.29) is 5.91 Å². The number of amides is 1. The van der Waals surface area contributed by atoms with Crippen LogP contribution in [0, 0.1) is 5.92 Å². The number of aromatic nitrogens is 1. The molecule has 1 amide bonds. The van der Waals surface area contributed by atoms with E-state index in [9.17, 15) is 4.79 Å². The number of hydrogen-bond acceptors (Lipinski definition) is 5. The molecule has 0 bridgehead atoms. The zero-order chi connectivity index (χ0) is 12.3. The third-order valence-electron chi connectivity index (χ3n) is 2.71. The van der Waals surface area contributed by atoms with E-state index in [0.717, 1.165) is 12.5 Å². The van der Waals surface area contributed by atoms with Crippen LogP contribution in [0.5, 0.6) is 0 Å². The van der Waals surface area contributed by atoms with Crippen LogP contribution in [0.1, 0.15) is 23.3 Å². The van der Waals surface area contributed by atoms with Crippen LogP contribution in [0.4, 0.5) is 5.13 Å². The van der Waals surface area contributed by atoms with Crippen molar-refractivity contribution in [2.24, 2.45) is 5.92 Å². The molecule has 0 radical (unpaired) electrons. The highest BCUT2D eigenvalue weighted by atomic mass is 32.1. The molecule has 0 unspecified atom stereocenters. The predicted octanol–water partition coefficient (Wildman–Crippen LogP) is 1.22. The molecule has 0 atom stereocenters.